The third kappa shape index (κ3) is 4.53. The van der Waals surface area contributed by atoms with Crippen molar-refractivity contribution in [2.45, 2.75) is 50.5 Å². The van der Waals surface area contributed by atoms with Crippen molar-refractivity contribution < 1.29 is 13.9 Å². The predicted octanol–water partition coefficient (Wildman–Crippen LogP) is 5.75. The van der Waals surface area contributed by atoms with Crippen molar-refractivity contribution in [1.82, 2.24) is 10.3 Å². The SMILES string of the molecule is COc1ccc([C@H]2CNC[C@H](Cc3nc4cccc(Cl)c4o3)C2)cc1OC1CCCC1. The van der Waals surface area contributed by atoms with Crippen LogP contribution in [0, 0.1) is 5.92 Å². The van der Waals surface area contributed by atoms with Crippen molar-refractivity contribution in [3.8, 4) is 11.5 Å². The van der Waals surface area contributed by atoms with E-state index in [-0.39, 0.29) is 0 Å². The highest BCUT2D eigenvalue weighted by atomic mass is 35.5. The highest BCUT2D eigenvalue weighted by molar-refractivity contribution is 6.34. The predicted molar refractivity (Wildman–Crippen MR) is 122 cm³/mol. The molecule has 1 aliphatic heterocycles. The number of para-hydroxylation sites is 1. The first kappa shape index (κ1) is 20.7. The van der Waals surface area contributed by atoms with Crippen LogP contribution in [0.4, 0.5) is 0 Å². The fraction of sp³-hybridized carbons (Fsp3) is 0.480. The summed E-state index contributed by atoms with van der Waals surface area (Å²) in [6.45, 7) is 1.93. The minimum atomic E-state index is 0.312. The van der Waals surface area contributed by atoms with E-state index in [1.807, 2.05) is 24.3 Å². The molecule has 3 aromatic rings. The van der Waals surface area contributed by atoms with Crippen LogP contribution in [0.25, 0.3) is 11.1 Å². The van der Waals surface area contributed by atoms with Gasteiger partial charge in [-0.05, 0) is 80.3 Å². The fourth-order valence-corrected chi connectivity index (χ4v) is 5.17. The molecule has 2 aliphatic rings. The Labute approximate surface area is 188 Å². The Morgan fingerprint density at radius 1 is 1.13 bits per heavy atom. The summed E-state index contributed by atoms with van der Waals surface area (Å²) in [5, 5.41) is 4.22. The summed E-state index contributed by atoms with van der Waals surface area (Å²) in [5.74, 6) is 3.33. The van der Waals surface area contributed by atoms with Crippen LogP contribution in [0.5, 0.6) is 11.5 Å². The van der Waals surface area contributed by atoms with Crippen LogP contribution in [0.2, 0.25) is 5.02 Å². The van der Waals surface area contributed by atoms with Crippen LogP contribution in [0.1, 0.15) is 49.5 Å². The van der Waals surface area contributed by atoms with E-state index in [4.69, 9.17) is 25.5 Å². The minimum absolute atomic E-state index is 0.312. The first-order chi connectivity index (χ1) is 15.2. The Morgan fingerprint density at radius 2 is 2.00 bits per heavy atom. The molecule has 6 heteroatoms. The van der Waals surface area contributed by atoms with Gasteiger partial charge in [0.15, 0.2) is 23.0 Å². The number of piperidine rings is 1. The number of hydrogen-bond acceptors (Lipinski definition) is 5. The summed E-state index contributed by atoms with van der Waals surface area (Å²) in [6.07, 6.45) is 6.96. The first-order valence-electron chi connectivity index (χ1n) is 11.3. The lowest BCUT2D eigenvalue weighted by Crippen LogP contribution is -2.36. The van der Waals surface area contributed by atoms with Crippen molar-refractivity contribution in [3.05, 3.63) is 52.9 Å². The standard InChI is InChI=1S/C25H29ClN2O3/c1-29-22-10-9-17(13-23(22)30-19-5-2-3-6-19)18-11-16(14-27-15-18)12-24-28-21-8-4-7-20(26)25(21)31-24/h4,7-10,13,16,18-19,27H,2-3,5-6,11-12,14-15H2,1H3/t16-,18+/m0/s1. The number of methoxy groups -OCH3 is 1. The first-order valence-corrected chi connectivity index (χ1v) is 11.7. The van der Waals surface area contributed by atoms with E-state index < -0.39 is 0 Å². The lowest BCUT2D eigenvalue weighted by atomic mass is 9.84. The molecule has 2 heterocycles. The summed E-state index contributed by atoms with van der Waals surface area (Å²) in [4.78, 5) is 4.64. The van der Waals surface area contributed by atoms with Crippen LogP contribution in [-0.4, -0.2) is 31.3 Å². The molecule has 1 aromatic heterocycles. The molecule has 31 heavy (non-hydrogen) atoms. The summed E-state index contributed by atoms with van der Waals surface area (Å²) < 4.78 is 17.8. The van der Waals surface area contributed by atoms with Crippen molar-refractivity contribution in [2.75, 3.05) is 20.2 Å². The van der Waals surface area contributed by atoms with Crippen LogP contribution in [0.15, 0.2) is 40.8 Å². The molecule has 2 atom stereocenters. The number of rotatable bonds is 6. The molecular weight excluding hydrogens is 412 g/mol. The summed E-state index contributed by atoms with van der Waals surface area (Å²) in [6, 6.07) is 12.1. The van der Waals surface area contributed by atoms with Crippen molar-refractivity contribution in [3.63, 3.8) is 0 Å². The zero-order valence-corrected chi connectivity index (χ0v) is 18.7. The lowest BCUT2D eigenvalue weighted by Gasteiger charge is -2.30. The van der Waals surface area contributed by atoms with Gasteiger partial charge in [-0.3, -0.25) is 0 Å². The Kier molecular flexibility index (Phi) is 6.06. The largest absolute Gasteiger partial charge is 0.493 e. The number of nitrogens with zero attached hydrogens (tertiary/aromatic N) is 1. The number of hydrogen-bond donors (Lipinski definition) is 1. The molecule has 1 saturated carbocycles. The molecule has 2 aromatic carbocycles. The normalized spacial score (nSPS) is 22.1. The van der Waals surface area contributed by atoms with Crippen molar-refractivity contribution >= 4 is 22.7 Å². The van der Waals surface area contributed by atoms with Gasteiger partial charge in [0, 0.05) is 13.0 Å². The van der Waals surface area contributed by atoms with Gasteiger partial charge >= 0.3 is 0 Å². The Hall–Kier alpha value is -2.24. The molecule has 0 amide bonds. The van der Waals surface area contributed by atoms with Gasteiger partial charge in [0.1, 0.15) is 5.52 Å². The van der Waals surface area contributed by atoms with Gasteiger partial charge in [-0.2, -0.15) is 0 Å². The number of halogens is 1. The van der Waals surface area contributed by atoms with E-state index in [2.05, 4.69) is 22.4 Å². The maximum atomic E-state index is 6.31. The van der Waals surface area contributed by atoms with Gasteiger partial charge in [-0.25, -0.2) is 4.98 Å². The van der Waals surface area contributed by atoms with E-state index in [1.54, 1.807) is 7.11 Å². The highest BCUT2D eigenvalue weighted by Crippen LogP contribution is 2.37. The van der Waals surface area contributed by atoms with Crippen LogP contribution < -0.4 is 14.8 Å². The molecular formula is C25H29ClN2O3. The number of ether oxygens (including phenoxy) is 2. The maximum absolute atomic E-state index is 6.31. The van der Waals surface area contributed by atoms with Crippen LogP contribution >= 0.6 is 11.6 Å². The number of aromatic nitrogens is 1. The van der Waals surface area contributed by atoms with Gasteiger partial charge in [0.2, 0.25) is 0 Å². The van der Waals surface area contributed by atoms with E-state index in [1.165, 1.54) is 18.4 Å². The molecule has 1 aliphatic carbocycles. The van der Waals surface area contributed by atoms with E-state index in [0.29, 0.717) is 28.5 Å². The second-order valence-corrected chi connectivity index (χ2v) is 9.20. The van der Waals surface area contributed by atoms with E-state index in [0.717, 1.165) is 61.7 Å². The summed E-state index contributed by atoms with van der Waals surface area (Å²) in [5.41, 5.74) is 2.81. The number of oxazole rings is 1. The minimum Gasteiger partial charge on any atom is -0.493 e. The van der Waals surface area contributed by atoms with Gasteiger partial charge in [-0.1, -0.05) is 23.7 Å². The van der Waals surface area contributed by atoms with Crippen LogP contribution in [0.3, 0.4) is 0 Å². The molecule has 0 unspecified atom stereocenters. The second-order valence-electron chi connectivity index (χ2n) is 8.79. The zero-order chi connectivity index (χ0) is 21.2. The van der Waals surface area contributed by atoms with Crippen LogP contribution in [-0.2, 0) is 6.42 Å². The summed E-state index contributed by atoms with van der Waals surface area (Å²) in [7, 11) is 1.71. The molecule has 5 nitrogen and oxygen atoms in total. The quantitative estimate of drug-likeness (QED) is 0.529. The monoisotopic (exact) mass is 440 g/mol. The smallest absolute Gasteiger partial charge is 0.195 e. The average molecular weight is 441 g/mol. The lowest BCUT2D eigenvalue weighted by molar-refractivity contribution is 0.200. The van der Waals surface area contributed by atoms with Crippen molar-refractivity contribution in [1.29, 1.82) is 0 Å². The Balaban J connectivity index is 1.30. The molecule has 0 bridgehead atoms. The highest BCUT2D eigenvalue weighted by Gasteiger charge is 2.26. The molecule has 1 N–H and O–H groups in total. The Morgan fingerprint density at radius 3 is 2.81 bits per heavy atom. The van der Waals surface area contributed by atoms with Gasteiger partial charge in [0.05, 0.1) is 18.2 Å². The molecule has 2 fully saturated rings. The topological polar surface area (TPSA) is 56.5 Å². The second kappa shape index (κ2) is 9.09. The molecule has 0 radical (unpaired) electrons. The van der Waals surface area contributed by atoms with Crippen molar-refractivity contribution in [2.24, 2.45) is 5.92 Å². The van der Waals surface area contributed by atoms with Gasteiger partial charge < -0.3 is 19.2 Å². The van der Waals surface area contributed by atoms with E-state index >= 15 is 0 Å². The number of fused-ring (bicyclic) bond motifs is 1. The number of benzene rings is 2. The third-order valence-corrected chi connectivity index (χ3v) is 6.87. The fourth-order valence-electron chi connectivity index (χ4n) is 4.96. The average Bonchev–Trinajstić information content (AvgIpc) is 3.44. The summed E-state index contributed by atoms with van der Waals surface area (Å²) >= 11 is 6.25. The molecule has 164 valence electrons. The molecule has 0 spiro atoms. The Bertz CT molecular complexity index is 1040. The number of nitrogens with one attached hydrogen (secondary N) is 1. The van der Waals surface area contributed by atoms with E-state index in [9.17, 15) is 0 Å². The zero-order valence-electron chi connectivity index (χ0n) is 17.9. The molecule has 5 rings (SSSR count). The maximum Gasteiger partial charge on any atom is 0.195 e. The van der Waals surface area contributed by atoms with Gasteiger partial charge in [-0.15, -0.1) is 0 Å². The third-order valence-electron chi connectivity index (χ3n) is 6.57. The van der Waals surface area contributed by atoms with Gasteiger partial charge in [0.25, 0.3) is 0 Å². The molecule has 1 saturated heterocycles.